The summed E-state index contributed by atoms with van der Waals surface area (Å²) in [4.78, 5) is 7.58. The molecule has 0 spiro atoms. The molecule has 0 amide bonds. The second-order valence-corrected chi connectivity index (χ2v) is 2.12. The van der Waals surface area contributed by atoms with Crippen LogP contribution in [0.5, 0.6) is 0 Å². The Morgan fingerprint density at radius 3 is 2.80 bits per heavy atom. The average Bonchev–Trinajstić information content (AvgIpc) is 1.97. The van der Waals surface area contributed by atoms with E-state index in [1.54, 1.807) is 13.3 Å². The molecular formula is C8H14N2. The number of rotatable bonds is 4. The molecule has 56 valence electrons. The van der Waals surface area contributed by atoms with Crippen molar-refractivity contribution >= 4 is 12.9 Å². The minimum atomic E-state index is 0.805. The van der Waals surface area contributed by atoms with E-state index in [-0.39, 0.29) is 0 Å². The summed E-state index contributed by atoms with van der Waals surface area (Å²) in [6, 6.07) is 0. The number of hydrogen-bond donors (Lipinski definition) is 0. The molecule has 0 N–H and O–H groups in total. The SMILES string of the molecule is C=NCC/C(C)=C\C=NC. The minimum absolute atomic E-state index is 0.805. The lowest BCUT2D eigenvalue weighted by Gasteiger charge is -1.92. The van der Waals surface area contributed by atoms with Gasteiger partial charge in [0.25, 0.3) is 0 Å². The van der Waals surface area contributed by atoms with Gasteiger partial charge in [-0.1, -0.05) is 5.57 Å². The Labute approximate surface area is 62.4 Å². The molecule has 2 nitrogen and oxygen atoms in total. The van der Waals surface area contributed by atoms with Gasteiger partial charge in [-0.05, 0) is 26.1 Å². The Bertz CT molecular complexity index is 145. The predicted molar refractivity (Wildman–Crippen MR) is 47.2 cm³/mol. The normalized spacial score (nSPS) is 12.4. The number of aliphatic imine (C=N–C) groups is 2. The van der Waals surface area contributed by atoms with Gasteiger partial charge in [-0.3, -0.25) is 4.99 Å². The lowest BCUT2D eigenvalue weighted by Crippen LogP contribution is -1.82. The summed E-state index contributed by atoms with van der Waals surface area (Å²) in [5, 5.41) is 0. The van der Waals surface area contributed by atoms with Crippen molar-refractivity contribution in [3.05, 3.63) is 11.6 Å². The summed E-state index contributed by atoms with van der Waals surface area (Å²) >= 11 is 0. The third-order valence-corrected chi connectivity index (χ3v) is 1.17. The van der Waals surface area contributed by atoms with E-state index in [1.165, 1.54) is 5.57 Å². The fraction of sp³-hybridized carbons (Fsp3) is 0.500. The monoisotopic (exact) mass is 138 g/mol. The van der Waals surface area contributed by atoms with Crippen LogP contribution in [0.25, 0.3) is 0 Å². The van der Waals surface area contributed by atoms with Gasteiger partial charge in [0.2, 0.25) is 0 Å². The first-order chi connectivity index (χ1) is 4.81. The zero-order valence-corrected chi connectivity index (χ0v) is 6.67. The smallest absolute Gasteiger partial charge is 0.0419 e. The highest BCUT2D eigenvalue weighted by Gasteiger charge is 1.84. The van der Waals surface area contributed by atoms with E-state index in [2.05, 4.69) is 23.6 Å². The molecule has 0 aromatic heterocycles. The lowest BCUT2D eigenvalue weighted by atomic mass is 10.2. The van der Waals surface area contributed by atoms with Gasteiger partial charge < -0.3 is 4.99 Å². The summed E-state index contributed by atoms with van der Waals surface area (Å²) in [5.74, 6) is 0. The summed E-state index contributed by atoms with van der Waals surface area (Å²) in [5.41, 5.74) is 1.29. The molecule has 0 rings (SSSR count). The van der Waals surface area contributed by atoms with Crippen LogP contribution < -0.4 is 0 Å². The molecule has 0 aromatic rings. The van der Waals surface area contributed by atoms with Crippen LogP contribution in [0.4, 0.5) is 0 Å². The number of nitrogens with zero attached hydrogens (tertiary/aromatic N) is 2. The highest BCUT2D eigenvalue weighted by molar-refractivity contribution is 5.71. The molecule has 2 heteroatoms. The van der Waals surface area contributed by atoms with Crippen molar-refractivity contribution in [2.75, 3.05) is 13.6 Å². The zero-order chi connectivity index (χ0) is 7.82. The molecule has 0 saturated carbocycles. The Balaban J connectivity index is 3.59. The van der Waals surface area contributed by atoms with Gasteiger partial charge in [0.15, 0.2) is 0 Å². The third kappa shape index (κ3) is 5.22. The Hall–Kier alpha value is -0.920. The van der Waals surface area contributed by atoms with E-state index >= 15 is 0 Å². The fourth-order valence-electron chi connectivity index (χ4n) is 0.541. The topological polar surface area (TPSA) is 24.7 Å². The molecule has 0 atom stereocenters. The maximum atomic E-state index is 3.84. The average molecular weight is 138 g/mol. The van der Waals surface area contributed by atoms with Crippen molar-refractivity contribution in [3.63, 3.8) is 0 Å². The summed E-state index contributed by atoms with van der Waals surface area (Å²) in [6.45, 7) is 6.27. The van der Waals surface area contributed by atoms with Gasteiger partial charge in [0, 0.05) is 19.8 Å². The van der Waals surface area contributed by atoms with Gasteiger partial charge in [-0.2, -0.15) is 0 Å². The Morgan fingerprint density at radius 1 is 1.60 bits per heavy atom. The summed E-state index contributed by atoms with van der Waals surface area (Å²) in [7, 11) is 1.76. The highest BCUT2D eigenvalue weighted by Crippen LogP contribution is 1.97. The van der Waals surface area contributed by atoms with Gasteiger partial charge in [-0.15, -0.1) is 0 Å². The van der Waals surface area contributed by atoms with E-state index in [1.807, 2.05) is 6.08 Å². The van der Waals surface area contributed by atoms with Crippen LogP contribution in [0.2, 0.25) is 0 Å². The molecule has 0 aliphatic heterocycles. The maximum absolute atomic E-state index is 3.84. The molecule has 0 aromatic carbocycles. The van der Waals surface area contributed by atoms with Crippen LogP contribution in [0.15, 0.2) is 21.6 Å². The van der Waals surface area contributed by atoms with Crippen molar-refractivity contribution in [2.45, 2.75) is 13.3 Å². The van der Waals surface area contributed by atoms with Crippen LogP contribution in [0, 0.1) is 0 Å². The molecule has 0 radical (unpaired) electrons. The molecule has 0 aliphatic carbocycles. The van der Waals surface area contributed by atoms with Crippen LogP contribution in [-0.2, 0) is 0 Å². The van der Waals surface area contributed by atoms with E-state index in [0.717, 1.165) is 13.0 Å². The minimum Gasteiger partial charge on any atom is -0.301 e. The molecule has 0 saturated heterocycles. The number of allylic oxidation sites excluding steroid dienone is 1. The second kappa shape index (κ2) is 6.20. The molecule has 10 heavy (non-hydrogen) atoms. The van der Waals surface area contributed by atoms with E-state index in [4.69, 9.17) is 0 Å². The van der Waals surface area contributed by atoms with Crippen molar-refractivity contribution in [1.82, 2.24) is 0 Å². The van der Waals surface area contributed by atoms with Crippen molar-refractivity contribution < 1.29 is 0 Å². The third-order valence-electron chi connectivity index (χ3n) is 1.17. The van der Waals surface area contributed by atoms with Crippen LogP contribution in [-0.4, -0.2) is 26.5 Å². The van der Waals surface area contributed by atoms with E-state index < -0.39 is 0 Å². The highest BCUT2D eigenvalue weighted by atomic mass is 14.7. The van der Waals surface area contributed by atoms with Crippen molar-refractivity contribution in [2.24, 2.45) is 9.98 Å². The van der Waals surface area contributed by atoms with Gasteiger partial charge in [0.1, 0.15) is 0 Å². The van der Waals surface area contributed by atoms with Crippen LogP contribution >= 0.6 is 0 Å². The van der Waals surface area contributed by atoms with Gasteiger partial charge in [-0.25, -0.2) is 0 Å². The molecule has 0 fully saturated rings. The second-order valence-electron chi connectivity index (χ2n) is 2.12. The van der Waals surface area contributed by atoms with Crippen molar-refractivity contribution in [1.29, 1.82) is 0 Å². The summed E-state index contributed by atoms with van der Waals surface area (Å²) < 4.78 is 0. The van der Waals surface area contributed by atoms with E-state index in [0.29, 0.717) is 0 Å². The molecule has 0 unspecified atom stereocenters. The Kier molecular flexibility index (Phi) is 5.63. The fourth-order valence-corrected chi connectivity index (χ4v) is 0.541. The largest absolute Gasteiger partial charge is 0.301 e. The van der Waals surface area contributed by atoms with Gasteiger partial charge in [0.05, 0.1) is 0 Å². The zero-order valence-electron chi connectivity index (χ0n) is 6.67. The van der Waals surface area contributed by atoms with E-state index in [9.17, 15) is 0 Å². The summed E-state index contributed by atoms with van der Waals surface area (Å²) in [6.07, 6.45) is 4.76. The number of hydrogen-bond acceptors (Lipinski definition) is 2. The predicted octanol–water partition coefficient (Wildman–Crippen LogP) is 1.72. The van der Waals surface area contributed by atoms with Crippen molar-refractivity contribution in [3.8, 4) is 0 Å². The molecule has 0 bridgehead atoms. The molecular weight excluding hydrogens is 124 g/mol. The first-order valence-corrected chi connectivity index (χ1v) is 3.31. The first kappa shape index (κ1) is 9.08. The van der Waals surface area contributed by atoms with Gasteiger partial charge >= 0.3 is 0 Å². The maximum Gasteiger partial charge on any atom is 0.0419 e. The standard InChI is InChI=1S/C8H14N2/c1-8(4-6-9-2)5-7-10-3/h5,7H,2,4,6H2,1,3H3/b8-5-,10-7?. The first-order valence-electron chi connectivity index (χ1n) is 3.31. The molecule has 0 heterocycles. The van der Waals surface area contributed by atoms with Crippen LogP contribution in [0.3, 0.4) is 0 Å². The van der Waals surface area contributed by atoms with Crippen LogP contribution in [0.1, 0.15) is 13.3 Å². The Morgan fingerprint density at radius 2 is 2.30 bits per heavy atom. The molecule has 0 aliphatic rings. The lowest BCUT2D eigenvalue weighted by molar-refractivity contribution is 0.960. The quantitative estimate of drug-likeness (QED) is 0.528.